The molecule has 2 atom stereocenters. The lowest BCUT2D eigenvalue weighted by molar-refractivity contribution is -0.122. The molecule has 4 N–H and O–H groups in total. The fraction of sp³-hybridized carbons (Fsp3) is 0.625. The monoisotopic (exact) mass is 374 g/mol. The van der Waals surface area contributed by atoms with Crippen LogP contribution in [0.5, 0.6) is 0 Å². The molecule has 0 amide bonds. The molecule has 1 aliphatic rings. The molecule has 9 heteroatoms. The lowest BCUT2D eigenvalue weighted by Crippen LogP contribution is -2.63. The van der Waals surface area contributed by atoms with Crippen molar-refractivity contribution in [1.29, 1.82) is 0 Å². The van der Waals surface area contributed by atoms with E-state index in [2.05, 4.69) is 0 Å². The second kappa shape index (κ2) is 8.54. The van der Waals surface area contributed by atoms with Gasteiger partial charge >= 0.3 is 0 Å². The van der Waals surface area contributed by atoms with Crippen LogP contribution in [0, 0.1) is 0 Å². The van der Waals surface area contributed by atoms with Crippen LogP contribution in [0.4, 0.5) is 0 Å². The molecule has 0 bridgehead atoms. The van der Waals surface area contributed by atoms with Gasteiger partial charge in [0.05, 0.1) is 24.2 Å². The number of hydrogen-bond acceptors (Lipinski definition) is 7. The number of nitrogens with zero attached hydrogens (tertiary/aromatic N) is 2. The molecule has 142 valence electrons. The highest BCUT2D eigenvalue weighted by Crippen LogP contribution is 2.27. The molecule has 1 aromatic carbocycles. The smallest absolute Gasteiger partial charge is 0.243 e. The summed E-state index contributed by atoms with van der Waals surface area (Å²) in [5.41, 5.74) is -1.68. The van der Waals surface area contributed by atoms with Gasteiger partial charge in [0.15, 0.2) is 0 Å². The Morgan fingerprint density at radius 2 is 1.76 bits per heavy atom. The Morgan fingerprint density at radius 3 is 2.32 bits per heavy atom. The Morgan fingerprint density at radius 1 is 1.16 bits per heavy atom. The van der Waals surface area contributed by atoms with Gasteiger partial charge in [-0.2, -0.15) is 4.31 Å². The van der Waals surface area contributed by atoms with Gasteiger partial charge in [-0.15, -0.1) is 0 Å². The minimum absolute atomic E-state index is 0.0455. The molecule has 0 unspecified atom stereocenters. The SMILES string of the molecule is O=S(=O)(c1ccccc1)N1CC[C@@H](O)[C@](O)(CN(CCO)CCO)C1. The minimum atomic E-state index is -3.77. The lowest BCUT2D eigenvalue weighted by atomic mass is 9.90. The van der Waals surface area contributed by atoms with E-state index in [1.807, 2.05) is 0 Å². The quantitative estimate of drug-likeness (QED) is 0.435. The molecule has 0 radical (unpaired) electrons. The summed E-state index contributed by atoms with van der Waals surface area (Å²) in [6, 6.07) is 7.95. The van der Waals surface area contributed by atoms with Crippen molar-refractivity contribution in [2.75, 3.05) is 45.9 Å². The van der Waals surface area contributed by atoms with Crippen molar-refractivity contribution in [3.8, 4) is 0 Å². The van der Waals surface area contributed by atoms with Crippen LogP contribution in [0.15, 0.2) is 35.2 Å². The Hall–Kier alpha value is -1.07. The van der Waals surface area contributed by atoms with Crippen molar-refractivity contribution in [1.82, 2.24) is 9.21 Å². The standard InChI is InChI=1S/C16H26N2O6S/c19-10-8-17(9-11-20)12-16(22)13-18(7-6-15(16)21)25(23,24)14-4-2-1-3-5-14/h1-5,15,19-22H,6-13H2/t15-,16+/m1/s1. The molecule has 0 aliphatic carbocycles. The molecule has 1 saturated heterocycles. The lowest BCUT2D eigenvalue weighted by Gasteiger charge is -2.44. The molecule has 0 aromatic heterocycles. The van der Waals surface area contributed by atoms with E-state index in [9.17, 15) is 18.6 Å². The molecule has 25 heavy (non-hydrogen) atoms. The van der Waals surface area contributed by atoms with Crippen LogP contribution >= 0.6 is 0 Å². The predicted octanol–water partition coefficient (Wildman–Crippen LogP) is -1.54. The Bertz CT molecular complexity index is 635. The van der Waals surface area contributed by atoms with E-state index in [1.54, 1.807) is 23.1 Å². The normalized spacial score (nSPS) is 25.4. The predicted molar refractivity (Wildman–Crippen MR) is 91.4 cm³/mol. The number of β-amino-alcohol motifs (C(OH)–C–C–N with tert-alkyl or cyclic N) is 1. The van der Waals surface area contributed by atoms with Crippen molar-refractivity contribution in [2.45, 2.75) is 23.0 Å². The van der Waals surface area contributed by atoms with Gasteiger partial charge in [-0.1, -0.05) is 18.2 Å². The van der Waals surface area contributed by atoms with Crippen LogP contribution in [-0.2, 0) is 10.0 Å². The van der Waals surface area contributed by atoms with Crippen molar-refractivity contribution in [3.05, 3.63) is 30.3 Å². The van der Waals surface area contributed by atoms with Crippen molar-refractivity contribution in [2.24, 2.45) is 0 Å². The van der Waals surface area contributed by atoms with Crippen LogP contribution < -0.4 is 0 Å². The first-order chi connectivity index (χ1) is 11.8. The average molecular weight is 374 g/mol. The van der Waals surface area contributed by atoms with E-state index in [-0.39, 0.29) is 57.3 Å². The number of hydrogen-bond donors (Lipinski definition) is 4. The first kappa shape index (κ1) is 20.2. The molecule has 1 fully saturated rings. The number of aliphatic hydroxyl groups is 4. The third-order valence-corrected chi connectivity index (χ3v) is 6.29. The highest BCUT2D eigenvalue weighted by molar-refractivity contribution is 7.89. The summed E-state index contributed by atoms with van der Waals surface area (Å²) in [5, 5.41) is 39.3. The zero-order valence-corrected chi connectivity index (χ0v) is 14.8. The van der Waals surface area contributed by atoms with E-state index >= 15 is 0 Å². The summed E-state index contributed by atoms with van der Waals surface area (Å²) < 4.78 is 26.7. The van der Waals surface area contributed by atoms with E-state index in [1.165, 1.54) is 16.4 Å². The number of rotatable bonds is 8. The van der Waals surface area contributed by atoms with Crippen LogP contribution in [0.3, 0.4) is 0 Å². The van der Waals surface area contributed by atoms with Crippen LogP contribution in [0.2, 0.25) is 0 Å². The molecule has 1 aliphatic heterocycles. The fourth-order valence-corrected chi connectivity index (χ4v) is 4.61. The second-order valence-corrected chi connectivity index (χ2v) is 8.22. The minimum Gasteiger partial charge on any atom is -0.395 e. The van der Waals surface area contributed by atoms with Gasteiger partial charge in [0.2, 0.25) is 10.0 Å². The summed E-state index contributed by atoms with van der Waals surface area (Å²) in [4.78, 5) is 1.73. The summed E-state index contributed by atoms with van der Waals surface area (Å²) >= 11 is 0. The molecule has 2 rings (SSSR count). The van der Waals surface area contributed by atoms with Crippen molar-refractivity contribution < 1.29 is 28.8 Å². The Balaban J connectivity index is 2.19. The maximum Gasteiger partial charge on any atom is 0.243 e. The first-order valence-corrected chi connectivity index (χ1v) is 9.67. The maximum absolute atomic E-state index is 12.8. The van der Waals surface area contributed by atoms with Gasteiger partial charge < -0.3 is 20.4 Å². The Labute approximate surface area is 148 Å². The number of piperidine rings is 1. The number of sulfonamides is 1. The van der Waals surface area contributed by atoms with Gasteiger partial charge in [-0.3, -0.25) is 4.90 Å². The molecular formula is C16H26N2O6S. The van der Waals surface area contributed by atoms with Gasteiger partial charge in [-0.05, 0) is 18.6 Å². The molecular weight excluding hydrogens is 348 g/mol. The molecule has 1 aromatic rings. The topological polar surface area (TPSA) is 122 Å². The number of aliphatic hydroxyl groups excluding tert-OH is 3. The molecule has 0 spiro atoms. The largest absolute Gasteiger partial charge is 0.395 e. The Kier molecular flexibility index (Phi) is 6.92. The van der Waals surface area contributed by atoms with E-state index in [0.717, 1.165) is 0 Å². The summed E-state index contributed by atoms with van der Waals surface area (Å²) in [6.07, 6.45) is -0.983. The van der Waals surface area contributed by atoms with Gasteiger partial charge in [0, 0.05) is 32.7 Å². The first-order valence-electron chi connectivity index (χ1n) is 8.23. The van der Waals surface area contributed by atoms with Gasteiger partial charge in [0.25, 0.3) is 0 Å². The maximum atomic E-state index is 12.8. The van der Waals surface area contributed by atoms with Crippen LogP contribution in [0.25, 0.3) is 0 Å². The third-order valence-electron chi connectivity index (χ3n) is 4.43. The second-order valence-electron chi connectivity index (χ2n) is 6.28. The van der Waals surface area contributed by atoms with Crippen LogP contribution in [0.1, 0.15) is 6.42 Å². The van der Waals surface area contributed by atoms with Crippen LogP contribution in [-0.4, -0.2) is 95.7 Å². The number of benzene rings is 1. The van der Waals surface area contributed by atoms with E-state index in [4.69, 9.17) is 10.2 Å². The van der Waals surface area contributed by atoms with Crippen molar-refractivity contribution in [3.63, 3.8) is 0 Å². The molecule has 1 heterocycles. The molecule has 8 nitrogen and oxygen atoms in total. The third kappa shape index (κ3) is 4.76. The summed E-state index contributed by atoms with van der Waals surface area (Å²) in [6.45, 7) is -0.103. The van der Waals surface area contributed by atoms with E-state index in [0.29, 0.717) is 0 Å². The fourth-order valence-electron chi connectivity index (χ4n) is 3.07. The van der Waals surface area contributed by atoms with E-state index < -0.39 is 21.7 Å². The van der Waals surface area contributed by atoms with Crippen molar-refractivity contribution >= 4 is 10.0 Å². The highest BCUT2D eigenvalue weighted by Gasteiger charge is 2.45. The van der Waals surface area contributed by atoms with Gasteiger partial charge in [0.1, 0.15) is 5.60 Å². The summed E-state index contributed by atoms with van der Waals surface area (Å²) in [5.74, 6) is 0. The molecule has 0 saturated carbocycles. The van der Waals surface area contributed by atoms with Gasteiger partial charge in [-0.25, -0.2) is 8.42 Å². The zero-order chi connectivity index (χ0) is 18.5. The summed E-state index contributed by atoms with van der Waals surface area (Å²) in [7, 11) is -3.77. The zero-order valence-electron chi connectivity index (χ0n) is 14.0. The average Bonchev–Trinajstić information content (AvgIpc) is 2.58. The highest BCUT2D eigenvalue weighted by atomic mass is 32.2.